The standard InChI is InChI=1S/C30H24N2O5S/c1-36-26-16-20(14-15-25(26)37-19-28(33)31-23-11-3-2-4-12-23)17-27-29(34)32(30(35)38-27)18-22-10-7-9-21-8-5-6-13-24(21)22/h2-17H,18-19H2,1H3,(H,31,33)/b27-17-. The number of thioether (sulfide) groups is 1. The third-order valence-electron chi connectivity index (χ3n) is 5.98. The fourth-order valence-electron chi connectivity index (χ4n) is 4.14. The second-order valence-electron chi connectivity index (χ2n) is 8.52. The number of hydrogen-bond acceptors (Lipinski definition) is 6. The Morgan fingerprint density at radius 1 is 0.921 bits per heavy atom. The van der Waals surface area contributed by atoms with Crippen LogP contribution in [0.15, 0.2) is 95.9 Å². The van der Waals surface area contributed by atoms with Crippen molar-refractivity contribution in [2.45, 2.75) is 6.54 Å². The maximum atomic E-state index is 13.1. The van der Waals surface area contributed by atoms with Crippen molar-refractivity contribution in [2.75, 3.05) is 19.0 Å². The van der Waals surface area contributed by atoms with E-state index in [1.54, 1.807) is 36.4 Å². The zero-order valence-corrected chi connectivity index (χ0v) is 21.4. The van der Waals surface area contributed by atoms with Crippen molar-refractivity contribution in [1.82, 2.24) is 4.90 Å². The smallest absolute Gasteiger partial charge is 0.293 e. The molecule has 1 fully saturated rings. The highest BCUT2D eigenvalue weighted by atomic mass is 32.2. The number of ether oxygens (including phenoxy) is 2. The van der Waals surface area contributed by atoms with Gasteiger partial charge in [-0.25, -0.2) is 0 Å². The van der Waals surface area contributed by atoms with Crippen LogP contribution in [0.5, 0.6) is 11.5 Å². The average Bonchev–Trinajstić information content (AvgIpc) is 3.20. The summed E-state index contributed by atoms with van der Waals surface area (Å²) >= 11 is 0.908. The van der Waals surface area contributed by atoms with Gasteiger partial charge in [-0.1, -0.05) is 66.7 Å². The van der Waals surface area contributed by atoms with Crippen LogP contribution in [0.1, 0.15) is 11.1 Å². The Balaban J connectivity index is 1.28. The number of carbonyl (C=O) groups is 3. The number of fused-ring (bicyclic) bond motifs is 1. The molecule has 3 amide bonds. The molecule has 1 heterocycles. The molecule has 0 radical (unpaired) electrons. The van der Waals surface area contributed by atoms with E-state index in [0.717, 1.165) is 28.1 Å². The summed E-state index contributed by atoms with van der Waals surface area (Å²) in [6, 6.07) is 28.0. The molecule has 8 heteroatoms. The molecule has 5 rings (SSSR count). The van der Waals surface area contributed by atoms with Gasteiger partial charge in [-0.3, -0.25) is 19.3 Å². The summed E-state index contributed by atoms with van der Waals surface area (Å²) in [5.41, 5.74) is 2.25. The molecule has 0 aromatic heterocycles. The predicted octanol–water partition coefficient (Wildman–Crippen LogP) is 6.10. The van der Waals surface area contributed by atoms with Gasteiger partial charge in [-0.2, -0.15) is 0 Å². The van der Waals surface area contributed by atoms with Crippen molar-refractivity contribution in [2.24, 2.45) is 0 Å². The minimum atomic E-state index is -0.343. The zero-order chi connectivity index (χ0) is 26.5. The highest BCUT2D eigenvalue weighted by Gasteiger charge is 2.35. The third kappa shape index (κ3) is 5.55. The molecule has 0 unspecified atom stereocenters. The minimum absolute atomic E-state index is 0.197. The van der Waals surface area contributed by atoms with Crippen LogP contribution >= 0.6 is 11.8 Å². The summed E-state index contributed by atoms with van der Waals surface area (Å²) in [6.07, 6.45) is 1.66. The fraction of sp³-hybridized carbons (Fsp3) is 0.100. The Hall–Kier alpha value is -4.56. The van der Waals surface area contributed by atoms with E-state index in [-0.39, 0.29) is 30.2 Å². The molecule has 1 aliphatic heterocycles. The second kappa shape index (κ2) is 11.2. The molecule has 4 aromatic carbocycles. The average molecular weight is 525 g/mol. The van der Waals surface area contributed by atoms with Gasteiger partial charge in [0.15, 0.2) is 18.1 Å². The number of para-hydroxylation sites is 1. The normalized spacial score (nSPS) is 14.2. The molecular formula is C30H24N2O5S. The Bertz CT molecular complexity index is 1550. The minimum Gasteiger partial charge on any atom is -0.493 e. The molecule has 0 spiro atoms. The summed E-state index contributed by atoms with van der Waals surface area (Å²) in [4.78, 5) is 39.7. The van der Waals surface area contributed by atoms with Gasteiger partial charge in [0, 0.05) is 5.69 Å². The SMILES string of the molecule is COc1cc(/C=C2\SC(=O)N(Cc3cccc4ccccc34)C2=O)ccc1OCC(=O)Nc1ccccc1. The van der Waals surface area contributed by atoms with Crippen LogP contribution in [0.4, 0.5) is 10.5 Å². The van der Waals surface area contributed by atoms with E-state index in [2.05, 4.69) is 5.32 Å². The van der Waals surface area contributed by atoms with E-state index in [9.17, 15) is 14.4 Å². The van der Waals surface area contributed by atoms with Crippen molar-refractivity contribution < 1.29 is 23.9 Å². The first kappa shape index (κ1) is 25.1. The Kier molecular flexibility index (Phi) is 7.42. The van der Waals surface area contributed by atoms with Gasteiger partial charge in [-0.05, 0) is 64.0 Å². The van der Waals surface area contributed by atoms with Crippen LogP contribution in [0.3, 0.4) is 0 Å². The molecule has 4 aromatic rings. The maximum absolute atomic E-state index is 13.1. The Labute approximate surface area is 224 Å². The monoisotopic (exact) mass is 524 g/mol. The number of benzene rings is 4. The molecule has 7 nitrogen and oxygen atoms in total. The van der Waals surface area contributed by atoms with Crippen LogP contribution in [0, 0.1) is 0 Å². The van der Waals surface area contributed by atoms with Crippen LogP contribution < -0.4 is 14.8 Å². The van der Waals surface area contributed by atoms with Crippen molar-refractivity contribution in [3.05, 3.63) is 107 Å². The maximum Gasteiger partial charge on any atom is 0.293 e. The lowest BCUT2D eigenvalue weighted by molar-refractivity contribution is -0.123. The summed E-state index contributed by atoms with van der Waals surface area (Å²) in [7, 11) is 1.49. The largest absolute Gasteiger partial charge is 0.493 e. The molecule has 0 saturated carbocycles. The Morgan fingerprint density at radius 2 is 1.68 bits per heavy atom. The van der Waals surface area contributed by atoms with Crippen molar-refractivity contribution in [3.8, 4) is 11.5 Å². The van der Waals surface area contributed by atoms with Crippen molar-refractivity contribution in [1.29, 1.82) is 0 Å². The van der Waals surface area contributed by atoms with Crippen LogP contribution in [0.25, 0.3) is 16.8 Å². The van der Waals surface area contributed by atoms with Gasteiger partial charge in [0.05, 0.1) is 18.6 Å². The quantitative estimate of drug-likeness (QED) is 0.280. The van der Waals surface area contributed by atoms with Crippen LogP contribution in [-0.2, 0) is 16.1 Å². The molecule has 0 bridgehead atoms. The molecule has 1 saturated heterocycles. The van der Waals surface area contributed by atoms with Gasteiger partial charge in [-0.15, -0.1) is 0 Å². The first-order valence-electron chi connectivity index (χ1n) is 11.9. The number of hydrogen-bond donors (Lipinski definition) is 1. The number of amides is 3. The molecule has 0 aliphatic carbocycles. The van der Waals surface area contributed by atoms with E-state index in [1.807, 2.05) is 60.7 Å². The number of nitrogens with one attached hydrogen (secondary N) is 1. The number of anilines is 1. The van der Waals surface area contributed by atoms with E-state index >= 15 is 0 Å². The molecule has 1 aliphatic rings. The van der Waals surface area contributed by atoms with Crippen molar-refractivity contribution in [3.63, 3.8) is 0 Å². The first-order valence-corrected chi connectivity index (χ1v) is 12.7. The zero-order valence-electron chi connectivity index (χ0n) is 20.5. The first-order chi connectivity index (χ1) is 18.5. The third-order valence-corrected chi connectivity index (χ3v) is 6.89. The summed E-state index contributed by atoms with van der Waals surface area (Å²) in [5.74, 6) is 0.144. The van der Waals surface area contributed by atoms with Gasteiger partial charge in [0.25, 0.3) is 17.1 Å². The summed E-state index contributed by atoms with van der Waals surface area (Å²) in [6.45, 7) is 0.00215. The molecule has 190 valence electrons. The van der Waals surface area contributed by atoms with Gasteiger partial charge >= 0.3 is 0 Å². The second-order valence-corrected chi connectivity index (χ2v) is 9.51. The molecular weight excluding hydrogens is 500 g/mol. The fourth-order valence-corrected chi connectivity index (χ4v) is 4.98. The van der Waals surface area contributed by atoms with E-state index in [4.69, 9.17) is 9.47 Å². The number of methoxy groups -OCH3 is 1. The van der Waals surface area contributed by atoms with Gasteiger partial charge in [0.2, 0.25) is 0 Å². The lowest BCUT2D eigenvalue weighted by Gasteiger charge is -2.14. The molecule has 0 atom stereocenters. The van der Waals surface area contributed by atoms with Crippen LogP contribution in [0.2, 0.25) is 0 Å². The number of nitrogens with zero attached hydrogens (tertiary/aromatic N) is 1. The van der Waals surface area contributed by atoms with E-state index in [0.29, 0.717) is 27.7 Å². The highest BCUT2D eigenvalue weighted by Crippen LogP contribution is 2.36. The predicted molar refractivity (Wildman–Crippen MR) is 149 cm³/mol. The number of carbonyl (C=O) groups excluding carboxylic acids is 3. The summed E-state index contributed by atoms with van der Waals surface area (Å²) in [5, 5.41) is 4.51. The lowest BCUT2D eigenvalue weighted by Crippen LogP contribution is -2.27. The Morgan fingerprint density at radius 3 is 2.50 bits per heavy atom. The number of imide groups is 1. The van der Waals surface area contributed by atoms with Gasteiger partial charge in [0.1, 0.15) is 0 Å². The topological polar surface area (TPSA) is 84.9 Å². The van der Waals surface area contributed by atoms with Crippen LogP contribution in [-0.4, -0.2) is 35.7 Å². The van der Waals surface area contributed by atoms with E-state index < -0.39 is 0 Å². The molecule has 1 N–H and O–H groups in total. The molecule has 38 heavy (non-hydrogen) atoms. The highest BCUT2D eigenvalue weighted by molar-refractivity contribution is 8.18. The summed E-state index contributed by atoms with van der Waals surface area (Å²) < 4.78 is 11.1. The lowest BCUT2D eigenvalue weighted by atomic mass is 10.0. The van der Waals surface area contributed by atoms with Gasteiger partial charge < -0.3 is 14.8 Å². The van der Waals surface area contributed by atoms with E-state index in [1.165, 1.54) is 12.0 Å². The van der Waals surface area contributed by atoms with Crippen molar-refractivity contribution >= 4 is 51.4 Å². The number of rotatable bonds is 8.